The Morgan fingerprint density at radius 1 is 1.26 bits per heavy atom. The van der Waals surface area contributed by atoms with E-state index in [1.54, 1.807) is 34.6 Å². The molecule has 5 rings (SSSR count). The molecule has 2 aliphatic heterocycles. The molecule has 17 heteroatoms. The second-order valence-electron chi connectivity index (χ2n) is 9.33. The van der Waals surface area contributed by atoms with Crippen molar-refractivity contribution in [2.45, 2.75) is 43.1 Å². The summed E-state index contributed by atoms with van der Waals surface area (Å²) in [5.74, 6) is -3.90. The fourth-order valence-corrected chi connectivity index (χ4v) is 6.16. The van der Waals surface area contributed by atoms with E-state index in [0.717, 1.165) is 12.0 Å². The lowest BCUT2D eigenvalue weighted by Crippen LogP contribution is -2.69. The van der Waals surface area contributed by atoms with Crippen molar-refractivity contribution in [3.63, 3.8) is 0 Å². The highest BCUT2D eigenvalue weighted by Crippen LogP contribution is 2.36. The van der Waals surface area contributed by atoms with Crippen molar-refractivity contribution in [3.8, 4) is 0 Å². The van der Waals surface area contributed by atoms with Crippen LogP contribution in [0.25, 0.3) is 0 Å². The quantitative estimate of drug-likeness (QED) is 0.126. The number of carbonyl (C=O) groups is 4. The minimum absolute atomic E-state index is 0.134. The third kappa shape index (κ3) is 6.46. The number of pyridine rings is 1. The van der Waals surface area contributed by atoms with Crippen LogP contribution in [-0.2, 0) is 25.8 Å². The van der Waals surface area contributed by atoms with Gasteiger partial charge in [0.2, 0.25) is 0 Å². The molecule has 1 aliphatic carbocycles. The van der Waals surface area contributed by atoms with Crippen molar-refractivity contribution in [1.29, 1.82) is 0 Å². The highest BCUT2D eigenvalue weighted by atomic mass is 32.2. The molecule has 12 nitrogen and oxygen atoms in total. The number of aromatic nitrogens is 2. The zero-order valence-electron chi connectivity index (χ0n) is 21.4. The van der Waals surface area contributed by atoms with Crippen molar-refractivity contribution in [1.82, 2.24) is 15.2 Å². The Morgan fingerprint density at radius 2 is 2.02 bits per heavy atom. The maximum atomic E-state index is 13.3. The molecular weight excluding hydrogens is 601 g/mol. The van der Waals surface area contributed by atoms with E-state index in [0.29, 0.717) is 30.1 Å². The number of fused-ring (bicyclic) bond motifs is 1. The topological polar surface area (TPSA) is 154 Å². The smallest absolute Gasteiger partial charge is 0.471 e. The van der Waals surface area contributed by atoms with E-state index in [4.69, 9.17) is 9.94 Å². The van der Waals surface area contributed by atoms with Gasteiger partial charge in [0.15, 0.2) is 29.8 Å². The van der Waals surface area contributed by atoms with E-state index in [9.17, 15) is 32.3 Å². The summed E-state index contributed by atoms with van der Waals surface area (Å²) in [7, 11) is 0. The fourth-order valence-electron chi connectivity index (χ4n) is 4.22. The summed E-state index contributed by atoms with van der Waals surface area (Å²) in [5.41, 5.74) is 0.565. The molecule has 3 amide bonds. The second-order valence-corrected chi connectivity index (χ2v) is 11.3. The number of anilines is 1. The lowest BCUT2D eigenvalue weighted by atomic mass is 10.1. The van der Waals surface area contributed by atoms with Gasteiger partial charge in [-0.1, -0.05) is 11.2 Å². The summed E-state index contributed by atoms with van der Waals surface area (Å²) in [6.07, 6.45) is 4.43. The number of aromatic carboxylic acids is 1. The SMILES string of the molecule is O=C(NC1C(=O)N2C=C(C[n+]3ccc(C(=O)O)cc3)CS[C@H]12)C(=NOC1C=CCC1)c1csc(NC(=O)C(F)(F)F)n1. The van der Waals surface area contributed by atoms with Crippen LogP contribution in [0.3, 0.4) is 0 Å². The van der Waals surface area contributed by atoms with Crippen LogP contribution in [0.5, 0.6) is 0 Å². The zero-order chi connectivity index (χ0) is 30.0. The zero-order valence-corrected chi connectivity index (χ0v) is 23.0. The fraction of sp³-hybridized carbons (Fsp3) is 0.320. The first kappa shape index (κ1) is 29.2. The van der Waals surface area contributed by atoms with Gasteiger partial charge in [-0.05, 0) is 18.9 Å². The van der Waals surface area contributed by atoms with Gasteiger partial charge < -0.3 is 20.2 Å². The van der Waals surface area contributed by atoms with Gasteiger partial charge in [-0.3, -0.25) is 19.7 Å². The first-order chi connectivity index (χ1) is 20.0. The summed E-state index contributed by atoms with van der Waals surface area (Å²) in [6.45, 7) is 0.432. The summed E-state index contributed by atoms with van der Waals surface area (Å²) in [4.78, 5) is 59.4. The molecule has 2 aromatic heterocycles. The molecule has 2 aromatic rings. The Labute approximate surface area is 243 Å². The average molecular weight is 624 g/mol. The number of amides is 3. The molecule has 220 valence electrons. The number of carboxylic acid groups (broad SMARTS) is 1. The van der Waals surface area contributed by atoms with Crippen molar-refractivity contribution in [2.75, 3.05) is 11.1 Å². The third-order valence-electron chi connectivity index (χ3n) is 6.34. The van der Waals surface area contributed by atoms with Gasteiger partial charge in [-0.15, -0.1) is 23.1 Å². The minimum atomic E-state index is -5.12. The number of alkyl halides is 3. The average Bonchev–Trinajstić information content (AvgIpc) is 3.64. The Bertz CT molecular complexity index is 1510. The van der Waals surface area contributed by atoms with Crippen LogP contribution in [-0.4, -0.2) is 73.8 Å². The number of oxime groups is 1. The lowest BCUT2D eigenvalue weighted by Gasteiger charge is -2.47. The summed E-state index contributed by atoms with van der Waals surface area (Å²) in [6, 6.07) is 2.05. The van der Waals surface area contributed by atoms with Gasteiger partial charge in [0, 0.05) is 35.0 Å². The molecular formula is C25H22F3N6O6S2+. The van der Waals surface area contributed by atoms with Gasteiger partial charge in [-0.25, -0.2) is 14.3 Å². The predicted molar refractivity (Wildman–Crippen MR) is 143 cm³/mol. The monoisotopic (exact) mass is 623 g/mol. The lowest BCUT2D eigenvalue weighted by molar-refractivity contribution is -0.689. The van der Waals surface area contributed by atoms with Gasteiger partial charge >= 0.3 is 18.1 Å². The number of carbonyl (C=O) groups excluding carboxylic acids is 3. The molecule has 1 fully saturated rings. The third-order valence-corrected chi connectivity index (χ3v) is 8.48. The molecule has 1 saturated heterocycles. The van der Waals surface area contributed by atoms with Crippen molar-refractivity contribution >= 4 is 57.6 Å². The van der Waals surface area contributed by atoms with E-state index in [1.807, 2.05) is 6.08 Å². The Hall–Kier alpha value is -4.25. The van der Waals surface area contributed by atoms with Crippen LogP contribution in [0.1, 0.15) is 28.9 Å². The maximum absolute atomic E-state index is 13.3. The minimum Gasteiger partial charge on any atom is -0.478 e. The Balaban J connectivity index is 1.26. The Morgan fingerprint density at radius 3 is 2.69 bits per heavy atom. The number of nitrogens with one attached hydrogen (secondary N) is 2. The van der Waals surface area contributed by atoms with Crippen LogP contribution >= 0.6 is 23.1 Å². The van der Waals surface area contributed by atoms with Crippen LogP contribution < -0.4 is 15.2 Å². The molecule has 2 unspecified atom stereocenters. The van der Waals surface area contributed by atoms with E-state index in [2.05, 4.69) is 15.5 Å². The molecule has 0 saturated carbocycles. The van der Waals surface area contributed by atoms with Crippen molar-refractivity contribution in [3.05, 3.63) is 65.1 Å². The number of halogens is 3. The molecule has 0 aromatic carbocycles. The van der Waals surface area contributed by atoms with Gasteiger partial charge in [0.05, 0.1) is 5.56 Å². The van der Waals surface area contributed by atoms with Gasteiger partial charge in [0.25, 0.3) is 11.8 Å². The standard InChI is InChI=1S/C25H21F3N6O6S2/c26-25(27,28)23(39)31-24-29-16(12-42-24)17(32-40-15-3-1-2-4-15)19(35)30-18-20(36)34-10-13(11-41-21(18)34)9-33-7-5-14(6-8-33)22(37)38/h1,3,5-8,10,12,15,18,21H,2,4,9,11H2,(H2-,29,30,31,35,37,38,39)/p+1/t15?,18?,21-/m1/s1. The highest BCUT2D eigenvalue weighted by molar-refractivity contribution is 8.00. The van der Waals surface area contributed by atoms with Crippen LogP contribution in [0, 0.1) is 0 Å². The van der Waals surface area contributed by atoms with E-state index in [-0.39, 0.29) is 22.9 Å². The molecule has 42 heavy (non-hydrogen) atoms. The van der Waals surface area contributed by atoms with Crippen LogP contribution in [0.4, 0.5) is 18.3 Å². The number of hydrogen-bond acceptors (Lipinski definition) is 9. The number of β-lactam (4-membered cyclic amide) rings is 1. The number of allylic oxidation sites excluding steroid dienone is 1. The van der Waals surface area contributed by atoms with Crippen LogP contribution in [0.15, 0.2) is 59.0 Å². The van der Waals surface area contributed by atoms with Crippen molar-refractivity contribution in [2.24, 2.45) is 5.16 Å². The highest BCUT2D eigenvalue weighted by Gasteiger charge is 2.50. The van der Waals surface area contributed by atoms with Crippen LogP contribution in [0.2, 0.25) is 0 Å². The summed E-state index contributed by atoms with van der Waals surface area (Å²) >= 11 is 2.09. The number of carboxylic acids is 1. The van der Waals surface area contributed by atoms with Gasteiger partial charge in [0.1, 0.15) is 23.2 Å². The Kier molecular flexibility index (Phi) is 8.31. The maximum Gasteiger partial charge on any atom is 0.471 e. The second kappa shape index (κ2) is 11.9. The number of hydrogen-bond donors (Lipinski definition) is 3. The molecule has 0 bridgehead atoms. The van der Waals surface area contributed by atoms with E-state index < -0.39 is 46.6 Å². The molecule has 3 aliphatic rings. The number of rotatable bonds is 9. The molecule has 3 atom stereocenters. The normalized spacial score (nSPS) is 21.7. The number of nitrogens with zero attached hydrogens (tertiary/aromatic N) is 4. The molecule has 0 radical (unpaired) electrons. The first-order valence-corrected chi connectivity index (χ1v) is 14.3. The first-order valence-electron chi connectivity index (χ1n) is 12.4. The van der Waals surface area contributed by atoms with E-state index >= 15 is 0 Å². The van der Waals surface area contributed by atoms with Crippen molar-refractivity contribution < 1.29 is 46.9 Å². The number of thioether (sulfide) groups is 1. The molecule has 3 N–H and O–H groups in total. The molecule has 4 heterocycles. The summed E-state index contributed by atoms with van der Waals surface area (Å²) < 4.78 is 39.7. The van der Waals surface area contributed by atoms with E-state index in [1.165, 1.54) is 34.2 Å². The van der Waals surface area contributed by atoms with Gasteiger partial charge in [-0.2, -0.15) is 13.2 Å². The predicted octanol–water partition coefficient (Wildman–Crippen LogP) is 2.05. The number of thiazole rings is 1. The largest absolute Gasteiger partial charge is 0.478 e. The summed E-state index contributed by atoms with van der Waals surface area (Å²) in [5, 5.41) is 17.7. The molecule has 0 spiro atoms.